The summed E-state index contributed by atoms with van der Waals surface area (Å²) < 4.78 is 45.6. The quantitative estimate of drug-likeness (QED) is 0.417. The second-order valence-electron chi connectivity index (χ2n) is 6.51. The molecule has 0 aliphatic carbocycles. The van der Waals surface area contributed by atoms with Gasteiger partial charge in [-0.3, -0.25) is 25.2 Å². The Kier molecular flexibility index (Phi) is 7.75. The summed E-state index contributed by atoms with van der Waals surface area (Å²) in [5.41, 5.74) is 4.50. The zero-order chi connectivity index (χ0) is 24.0. The van der Waals surface area contributed by atoms with Crippen LogP contribution in [0.5, 0.6) is 5.75 Å². The summed E-state index contributed by atoms with van der Waals surface area (Å²) in [5, 5.41) is 0.165. The monoisotopic (exact) mass is 511 g/mol. The van der Waals surface area contributed by atoms with Crippen LogP contribution < -0.4 is 20.3 Å². The Hall–Kier alpha value is -3.34. The van der Waals surface area contributed by atoms with Crippen molar-refractivity contribution in [2.24, 2.45) is 0 Å². The third kappa shape index (κ3) is 6.82. The van der Waals surface area contributed by atoms with Crippen LogP contribution >= 0.6 is 23.2 Å². The third-order valence-corrected chi connectivity index (χ3v) is 6.16. The fourth-order valence-corrected chi connectivity index (χ4v) is 4.34. The molecule has 33 heavy (non-hydrogen) atoms. The Labute approximate surface area is 198 Å². The molecule has 3 N–H and O–H groups in total. The maximum absolute atomic E-state index is 12.9. The first-order chi connectivity index (χ1) is 15.6. The molecule has 0 unspecified atom stereocenters. The SMILES string of the molecule is O=C(COc1ccc(F)cc1)NNC(=O)c1cccc(NS(=O)(=O)c2cc(Cl)ccc2Cl)c1. The Morgan fingerprint density at radius 1 is 0.939 bits per heavy atom. The average Bonchev–Trinajstić information content (AvgIpc) is 2.78. The molecule has 0 atom stereocenters. The van der Waals surface area contributed by atoms with Gasteiger partial charge in [0.05, 0.1) is 5.02 Å². The van der Waals surface area contributed by atoms with E-state index in [4.69, 9.17) is 27.9 Å². The van der Waals surface area contributed by atoms with E-state index in [0.717, 1.165) is 0 Å². The first-order valence-corrected chi connectivity index (χ1v) is 11.4. The van der Waals surface area contributed by atoms with Crippen molar-refractivity contribution in [1.29, 1.82) is 0 Å². The topological polar surface area (TPSA) is 114 Å². The fraction of sp³-hybridized carbons (Fsp3) is 0.0476. The largest absolute Gasteiger partial charge is 0.484 e. The van der Waals surface area contributed by atoms with E-state index < -0.39 is 34.3 Å². The van der Waals surface area contributed by atoms with Gasteiger partial charge in [-0.1, -0.05) is 29.3 Å². The molecule has 0 bridgehead atoms. The zero-order valence-corrected chi connectivity index (χ0v) is 19.0. The summed E-state index contributed by atoms with van der Waals surface area (Å²) in [6.07, 6.45) is 0. The van der Waals surface area contributed by atoms with Crippen LogP contribution in [-0.4, -0.2) is 26.8 Å². The molecular formula is C21H16Cl2FN3O5S. The van der Waals surface area contributed by atoms with Gasteiger partial charge in [0.25, 0.3) is 21.8 Å². The van der Waals surface area contributed by atoms with Crippen LogP contribution in [0.2, 0.25) is 10.0 Å². The molecule has 0 saturated heterocycles. The van der Waals surface area contributed by atoms with E-state index in [9.17, 15) is 22.4 Å². The van der Waals surface area contributed by atoms with Crippen molar-refractivity contribution in [3.63, 3.8) is 0 Å². The van der Waals surface area contributed by atoms with Gasteiger partial charge in [0.2, 0.25) is 0 Å². The minimum absolute atomic E-state index is 0.0219. The molecule has 3 rings (SSSR count). The minimum Gasteiger partial charge on any atom is -0.484 e. The number of hydrazine groups is 1. The molecule has 2 amide bonds. The van der Waals surface area contributed by atoms with Gasteiger partial charge in [-0.2, -0.15) is 0 Å². The van der Waals surface area contributed by atoms with E-state index in [2.05, 4.69) is 15.6 Å². The summed E-state index contributed by atoms with van der Waals surface area (Å²) in [5.74, 6) is -1.54. The number of amides is 2. The molecule has 0 saturated carbocycles. The number of sulfonamides is 1. The summed E-state index contributed by atoms with van der Waals surface area (Å²) >= 11 is 11.8. The molecule has 172 valence electrons. The molecule has 3 aromatic rings. The zero-order valence-electron chi connectivity index (χ0n) is 16.6. The lowest BCUT2D eigenvalue weighted by Crippen LogP contribution is -2.43. The van der Waals surface area contributed by atoms with E-state index in [1.807, 2.05) is 0 Å². The maximum Gasteiger partial charge on any atom is 0.276 e. The molecule has 0 aliphatic heterocycles. The number of carbonyl (C=O) groups excluding carboxylic acids is 2. The van der Waals surface area contributed by atoms with E-state index in [0.29, 0.717) is 0 Å². The molecular weight excluding hydrogens is 496 g/mol. The number of ether oxygens (including phenoxy) is 1. The highest BCUT2D eigenvalue weighted by molar-refractivity contribution is 7.92. The highest BCUT2D eigenvalue weighted by Gasteiger charge is 2.19. The second-order valence-corrected chi connectivity index (χ2v) is 9.00. The Bertz CT molecular complexity index is 1290. The van der Waals surface area contributed by atoms with E-state index in [1.54, 1.807) is 0 Å². The molecule has 0 spiro atoms. The molecule has 0 radical (unpaired) electrons. The van der Waals surface area contributed by atoms with E-state index >= 15 is 0 Å². The van der Waals surface area contributed by atoms with Gasteiger partial charge >= 0.3 is 0 Å². The van der Waals surface area contributed by atoms with Gasteiger partial charge in [-0.05, 0) is 60.7 Å². The fourth-order valence-electron chi connectivity index (χ4n) is 2.53. The van der Waals surface area contributed by atoms with Gasteiger partial charge in [0.1, 0.15) is 16.5 Å². The smallest absolute Gasteiger partial charge is 0.276 e. The van der Waals surface area contributed by atoms with Crippen molar-refractivity contribution >= 4 is 50.7 Å². The Morgan fingerprint density at radius 3 is 2.39 bits per heavy atom. The van der Waals surface area contributed by atoms with Crippen LogP contribution in [0.3, 0.4) is 0 Å². The number of nitrogens with one attached hydrogen (secondary N) is 3. The summed E-state index contributed by atoms with van der Waals surface area (Å²) in [7, 11) is -4.08. The average molecular weight is 512 g/mol. The van der Waals surface area contributed by atoms with Crippen LogP contribution in [0.4, 0.5) is 10.1 Å². The lowest BCUT2D eigenvalue weighted by Gasteiger charge is -2.12. The van der Waals surface area contributed by atoms with Crippen molar-refractivity contribution < 1.29 is 27.1 Å². The normalized spacial score (nSPS) is 10.9. The molecule has 8 nitrogen and oxygen atoms in total. The summed E-state index contributed by atoms with van der Waals surface area (Å²) in [4.78, 5) is 24.0. The van der Waals surface area contributed by atoms with Crippen LogP contribution in [0.15, 0.2) is 71.6 Å². The molecule has 0 aromatic heterocycles. The molecule has 0 aliphatic rings. The molecule has 3 aromatic carbocycles. The van der Waals surface area contributed by atoms with Gasteiger partial charge in [-0.25, -0.2) is 12.8 Å². The van der Waals surface area contributed by atoms with E-state index in [1.165, 1.54) is 66.7 Å². The van der Waals surface area contributed by atoms with Gasteiger partial charge in [0, 0.05) is 16.3 Å². The maximum atomic E-state index is 12.9. The lowest BCUT2D eigenvalue weighted by molar-refractivity contribution is -0.123. The standard InChI is InChI=1S/C21H16Cl2FN3O5S/c22-14-4-9-18(23)19(11-14)33(30,31)27-16-3-1-2-13(10-16)21(29)26-25-20(28)12-32-17-7-5-15(24)6-8-17/h1-11,27H,12H2,(H,25,28)(H,26,29). The number of anilines is 1. The number of benzene rings is 3. The number of hydrogen-bond acceptors (Lipinski definition) is 5. The minimum atomic E-state index is -4.08. The number of hydrogen-bond donors (Lipinski definition) is 3. The Balaban J connectivity index is 1.59. The van der Waals surface area contributed by atoms with Crippen molar-refractivity contribution in [3.8, 4) is 5.75 Å². The number of carbonyl (C=O) groups is 2. The van der Waals surface area contributed by atoms with E-state index in [-0.39, 0.29) is 31.9 Å². The van der Waals surface area contributed by atoms with Gasteiger partial charge in [0.15, 0.2) is 6.61 Å². The molecule has 0 heterocycles. The van der Waals surface area contributed by atoms with Crippen molar-refractivity contribution in [3.05, 3.63) is 88.2 Å². The first kappa shape index (κ1) is 24.3. The van der Waals surface area contributed by atoms with Gasteiger partial charge < -0.3 is 4.74 Å². The van der Waals surface area contributed by atoms with Crippen LogP contribution in [-0.2, 0) is 14.8 Å². The van der Waals surface area contributed by atoms with Crippen LogP contribution in [0.1, 0.15) is 10.4 Å². The number of rotatable bonds is 7. The first-order valence-electron chi connectivity index (χ1n) is 9.19. The molecule has 0 fully saturated rings. The second kappa shape index (κ2) is 10.5. The van der Waals surface area contributed by atoms with Crippen molar-refractivity contribution in [2.45, 2.75) is 4.90 Å². The summed E-state index contributed by atoms with van der Waals surface area (Å²) in [6.45, 7) is -0.424. The molecule has 12 heteroatoms. The van der Waals surface area contributed by atoms with Crippen molar-refractivity contribution in [2.75, 3.05) is 11.3 Å². The highest BCUT2D eigenvalue weighted by atomic mass is 35.5. The lowest BCUT2D eigenvalue weighted by atomic mass is 10.2. The summed E-state index contributed by atoms with van der Waals surface area (Å²) in [6, 6.07) is 14.6. The number of halogens is 3. The van der Waals surface area contributed by atoms with Gasteiger partial charge in [-0.15, -0.1) is 0 Å². The third-order valence-electron chi connectivity index (χ3n) is 4.06. The predicted octanol–water partition coefficient (Wildman–Crippen LogP) is 3.77. The van der Waals surface area contributed by atoms with Crippen LogP contribution in [0.25, 0.3) is 0 Å². The highest BCUT2D eigenvalue weighted by Crippen LogP contribution is 2.27. The Morgan fingerprint density at radius 2 is 1.67 bits per heavy atom. The van der Waals surface area contributed by atoms with Crippen LogP contribution in [0, 0.1) is 5.82 Å². The predicted molar refractivity (Wildman–Crippen MR) is 121 cm³/mol. The van der Waals surface area contributed by atoms with Crippen molar-refractivity contribution in [1.82, 2.24) is 10.9 Å².